The van der Waals surface area contributed by atoms with Gasteiger partial charge in [-0.2, -0.15) is 0 Å². The second-order valence-corrected chi connectivity index (χ2v) is 5.25. The fourth-order valence-corrected chi connectivity index (χ4v) is 2.73. The van der Waals surface area contributed by atoms with Crippen LogP contribution in [0.5, 0.6) is 0 Å². The van der Waals surface area contributed by atoms with Gasteiger partial charge in [-0.05, 0) is 19.1 Å². The largest absolute Gasteiger partial charge is 0.380 e. The first-order chi connectivity index (χ1) is 10.4. The number of ether oxygens (including phenoxy) is 1. The molecule has 1 aliphatic heterocycles. The van der Waals surface area contributed by atoms with Crippen molar-refractivity contribution >= 4 is 11.2 Å². The van der Waals surface area contributed by atoms with Gasteiger partial charge >= 0.3 is 0 Å². The van der Waals surface area contributed by atoms with Crippen molar-refractivity contribution in [2.24, 2.45) is 0 Å². The summed E-state index contributed by atoms with van der Waals surface area (Å²) in [5.74, 6) is 1.09. The van der Waals surface area contributed by atoms with E-state index in [-0.39, 0.29) is 0 Å². The molecule has 6 nitrogen and oxygen atoms in total. The molecule has 0 aliphatic carbocycles. The maximum absolute atomic E-state index is 5.50. The van der Waals surface area contributed by atoms with Crippen LogP contribution in [0.25, 0.3) is 11.2 Å². The molecule has 0 aromatic carbocycles. The zero-order valence-corrected chi connectivity index (χ0v) is 12.6. The molecule has 0 unspecified atom stereocenters. The highest BCUT2D eigenvalue weighted by Crippen LogP contribution is 2.15. The number of nitrogens with one attached hydrogen (secondary N) is 1. The lowest BCUT2D eigenvalue weighted by molar-refractivity contribution is 0.137. The highest BCUT2D eigenvalue weighted by molar-refractivity contribution is 5.71. The van der Waals surface area contributed by atoms with E-state index in [2.05, 4.69) is 19.8 Å². The summed E-state index contributed by atoms with van der Waals surface area (Å²) in [6.07, 6.45) is 1.83. The summed E-state index contributed by atoms with van der Waals surface area (Å²) in [7, 11) is 0. The maximum atomic E-state index is 5.50. The van der Waals surface area contributed by atoms with E-state index < -0.39 is 0 Å². The third-order valence-corrected chi connectivity index (χ3v) is 3.82. The zero-order chi connectivity index (χ0) is 14.5. The Bertz CT molecular complexity index is 576. The number of fused-ring (bicyclic) bond motifs is 1. The molecule has 2 aromatic heterocycles. The minimum Gasteiger partial charge on any atom is -0.380 e. The summed E-state index contributed by atoms with van der Waals surface area (Å²) < 4.78 is 7.70. The molecule has 1 fully saturated rings. The summed E-state index contributed by atoms with van der Waals surface area (Å²) in [4.78, 5) is 11.7. The summed E-state index contributed by atoms with van der Waals surface area (Å²) >= 11 is 0. The lowest BCUT2D eigenvalue weighted by Crippen LogP contribution is -2.43. The van der Waals surface area contributed by atoms with Crippen molar-refractivity contribution in [3.8, 4) is 0 Å². The van der Waals surface area contributed by atoms with Gasteiger partial charge < -0.3 is 14.6 Å². The van der Waals surface area contributed by atoms with E-state index >= 15 is 0 Å². The topological polar surface area (TPSA) is 55.2 Å². The molecule has 0 saturated carbocycles. The van der Waals surface area contributed by atoms with Gasteiger partial charge in [0.05, 0.1) is 13.2 Å². The summed E-state index contributed by atoms with van der Waals surface area (Å²) in [5, 5.41) is 3.38. The highest BCUT2D eigenvalue weighted by atomic mass is 16.5. The molecule has 3 heterocycles. The Morgan fingerprint density at radius 1 is 1.33 bits per heavy atom. The molecule has 3 rings (SSSR count). The van der Waals surface area contributed by atoms with Gasteiger partial charge in [0, 0.05) is 45.5 Å². The predicted octanol–water partition coefficient (Wildman–Crippen LogP) is 0.873. The minimum absolute atomic E-state index is 0.701. The Hall–Kier alpha value is -1.50. The van der Waals surface area contributed by atoms with Crippen molar-refractivity contribution < 1.29 is 4.74 Å². The summed E-state index contributed by atoms with van der Waals surface area (Å²) in [5.41, 5.74) is 1.93. The monoisotopic (exact) mass is 289 g/mol. The molecule has 1 aliphatic rings. The Labute approximate surface area is 125 Å². The lowest BCUT2D eigenvalue weighted by Gasteiger charge is -2.26. The van der Waals surface area contributed by atoms with Crippen LogP contribution < -0.4 is 5.32 Å². The molecular weight excluding hydrogens is 266 g/mol. The molecule has 0 spiro atoms. The second-order valence-electron chi connectivity index (χ2n) is 5.25. The van der Waals surface area contributed by atoms with Gasteiger partial charge in [0.2, 0.25) is 0 Å². The first kappa shape index (κ1) is 14.4. The van der Waals surface area contributed by atoms with E-state index in [1.54, 1.807) is 0 Å². The van der Waals surface area contributed by atoms with Crippen molar-refractivity contribution in [1.82, 2.24) is 24.8 Å². The van der Waals surface area contributed by atoms with Crippen molar-refractivity contribution in [3.63, 3.8) is 0 Å². The maximum Gasteiger partial charge on any atom is 0.160 e. The van der Waals surface area contributed by atoms with Gasteiger partial charge in [0.15, 0.2) is 5.65 Å². The average molecular weight is 289 g/mol. The number of imidazole rings is 1. The zero-order valence-electron chi connectivity index (χ0n) is 12.6. The fraction of sp³-hybridized carbons (Fsp3) is 0.600. The Morgan fingerprint density at radius 3 is 3.00 bits per heavy atom. The predicted molar refractivity (Wildman–Crippen MR) is 82.2 cm³/mol. The Balaban J connectivity index is 1.82. The van der Waals surface area contributed by atoms with Crippen LogP contribution in [-0.2, 0) is 17.8 Å². The van der Waals surface area contributed by atoms with Crippen LogP contribution in [0.2, 0.25) is 0 Å². The van der Waals surface area contributed by atoms with Gasteiger partial charge in [0.1, 0.15) is 11.3 Å². The smallest absolute Gasteiger partial charge is 0.160 e. The molecule has 114 valence electrons. The van der Waals surface area contributed by atoms with Gasteiger partial charge in [-0.3, -0.25) is 4.90 Å². The fourth-order valence-electron chi connectivity index (χ4n) is 2.73. The van der Waals surface area contributed by atoms with Crippen LogP contribution >= 0.6 is 0 Å². The van der Waals surface area contributed by atoms with E-state index in [1.807, 2.05) is 25.3 Å². The van der Waals surface area contributed by atoms with Crippen LogP contribution in [0.3, 0.4) is 0 Å². The number of aromatic nitrogens is 3. The normalized spacial score (nSPS) is 16.6. The molecule has 0 bridgehead atoms. The van der Waals surface area contributed by atoms with E-state index in [4.69, 9.17) is 9.72 Å². The molecular formula is C15H23N5O. The number of hydrogen-bond donors (Lipinski definition) is 1. The molecule has 1 N–H and O–H groups in total. The van der Waals surface area contributed by atoms with Crippen LogP contribution in [0.15, 0.2) is 18.3 Å². The number of nitrogens with zero attached hydrogens (tertiary/aromatic N) is 4. The minimum atomic E-state index is 0.701. The van der Waals surface area contributed by atoms with Crippen molar-refractivity contribution in [3.05, 3.63) is 24.2 Å². The van der Waals surface area contributed by atoms with Gasteiger partial charge in [-0.25, -0.2) is 9.97 Å². The highest BCUT2D eigenvalue weighted by Gasteiger charge is 2.16. The van der Waals surface area contributed by atoms with E-state index in [0.29, 0.717) is 6.61 Å². The van der Waals surface area contributed by atoms with Crippen LogP contribution in [0, 0.1) is 0 Å². The number of rotatable bonds is 6. The Morgan fingerprint density at radius 2 is 2.19 bits per heavy atom. The molecule has 2 aromatic rings. The SMILES string of the molecule is CCOCCn1c(CN2CCNCC2)nc2cccnc21. The summed E-state index contributed by atoms with van der Waals surface area (Å²) in [6.45, 7) is 9.40. The molecule has 0 amide bonds. The van der Waals surface area contributed by atoms with Crippen molar-refractivity contribution in [2.45, 2.75) is 20.0 Å². The van der Waals surface area contributed by atoms with E-state index in [0.717, 1.165) is 62.9 Å². The molecule has 1 saturated heterocycles. The van der Waals surface area contributed by atoms with Gasteiger partial charge in [-0.1, -0.05) is 0 Å². The quantitative estimate of drug-likeness (QED) is 0.800. The Kier molecular flexibility index (Phi) is 4.80. The number of pyridine rings is 1. The lowest BCUT2D eigenvalue weighted by atomic mass is 10.3. The first-order valence-electron chi connectivity index (χ1n) is 7.69. The van der Waals surface area contributed by atoms with Gasteiger partial charge in [0.25, 0.3) is 0 Å². The molecule has 6 heteroatoms. The van der Waals surface area contributed by atoms with Gasteiger partial charge in [-0.15, -0.1) is 0 Å². The van der Waals surface area contributed by atoms with Crippen molar-refractivity contribution in [1.29, 1.82) is 0 Å². The average Bonchev–Trinajstić information content (AvgIpc) is 2.86. The molecule has 0 radical (unpaired) electrons. The third kappa shape index (κ3) is 3.40. The number of piperazine rings is 1. The van der Waals surface area contributed by atoms with Crippen LogP contribution in [-0.4, -0.2) is 58.8 Å². The van der Waals surface area contributed by atoms with Crippen molar-refractivity contribution in [2.75, 3.05) is 39.4 Å². The van der Waals surface area contributed by atoms with Crippen LogP contribution in [0.1, 0.15) is 12.7 Å². The van der Waals surface area contributed by atoms with Crippen LogP contribution in [0.4, 0.5) is 0 Å². The number of hydrogen-bond acceptors (Lipinski definition) is 5. The second kappa shape index (κ2) is 6.98. The standard InChI is InChI=1S/C15H23N5O/c1-2-21-11-10-20-14(12-19-8-6-16-7-9-19)18-13-4-3-5-17-15(13)20/h3-5,16H,2,6-12H2,1H3. The molecule has 0 atom stereocenters. The molecule has 21 heavy (non-hydrogen) atoms. The third-order valence-electron chi connectivity index (χ3n) is 3.82. The summed E-state index contributed by atoms with van der Waals surface area (Å²) in [6, 6.07) is 3.97. The van der Waals surface area contributed by atoms with E-state index in [9.17, 15) is 0 Å². The first-order valence-corrected chi connectivity index (χ1v) is 7.69. The van der Waals surface area contributed by atoms with E-state index in [1.165, 1.54) is 0 Å².